The van der Waals surface area contributed by atoms with Gasteiger partial charge in [-0.3, -0.25) is 0 Å². The number of sulfonamides is 1. The molecule has 0 saturated carbocycles. The van der Waals surface area contributed by atoms with Gasteiger partial charge in [-0.15, -0.1) is 0 Å². The molecule has 0 aliphatic heterocycles. The van der Waals surface area contributed by atoms with Crippen molar-refractivity contribution in [2.75, 3.05) is 6.61 Å². The van der Waals surface area contributed by atoms with E-state index >= 15 is 0 Å². The Kier molecular flexibility index (Phi) is 6.68. The average molecular weight is 408 g/mol. The van der Waals surface area contributed by atoms with E-state index in [-0.39, 0.29) is 11.6 Å². The first-order chi connectivity index (χ1) is 12.1. The summed E-state index contributed by atoms with van der Waals surface area (Å²) in [6.07, 6.45) is -4.67. The molecule has 2 aromatic rings. The number of alkyl halides is 3. The molecule has 0 aliphatic carbocycles. The minimum atomic E-state index is -4.67. The Morgan fingerprint density at radius 2 is 1.77 bits per heavy atom. The molecule has 0 aliphatic rings. The third kappa shape index (κ3) is 5.20. The molecule has 0 amide bonds. The van der Waals surface area contributed by atoms with E-state index in [1.807, 2.05) is 6.92 Å². The monoisotopic (exact) mass is 407 g/mol. The van der Waals surface area contributed by atoms with Gasteiger partial charge in [0, 0.05) is 13.2 Å². The van der Waals surface area contributed by atoms with E-state index in [0.717, 1.165) is 17.7 Å². The molecule has 0 radical (unpaired) electrons. The van der Waals surface area contributed by atoms with Crippen molar-refractivity contribution in [1.82, 2.24) is 4.72 Å². The predicted octanol–water partition coefficient (Wildman–Crippen LogP) is 4.37. The fourth-order valence-electron chi connectivity index (χ4n) is 2.22. The summed E-state index contributed by atoms with van der Waals surface area (Å²) in [5.41, 5.74) is 0.360. The summed E-state index contributed by atoms with van der Waals surface area (Å²) in [7, 11) is -4.23. The number of halogens is 4. The third-order valence-corrected chi connectivity index (χ3v) is 5.46. The number of hydrogen-bond acceptors (Lipinski definition) is 3. The molecule has 2 rings (SSSR count). The van der Waals surface area contributed by atoms with Gasteiger partial charge in [-0.2, -0.15) is 13.2 Å². The molecule has 1 N–H and O–H groups in total. The average Bonchev–Trinajstić information content (AvgIpc) is 2.58. The zero-order valence-corrected chi connectivity index (χ0v) is 15.4. The van der Waals surface area contributed by atoms with Gasteiger partial charge in [0.2, 0.25) is 10.0 Å². The zero-order chi connectivity index (χ0) is 19.4. The first-order valence-corrected chi connectivity index (χ1v) is 9.52. The summed E-state index contributed by atoms with van der Waals surface area (Å²) in [6.45, 7) is 2.54. The van der Waals surface area contributed by atoms with Crippen LogP contribution in [-0.2, 0) is 34.1 Å². The van der Waals surface area contributed by atoms with Crippen molar-refractivity contribution in [3.63, 3.8) is 0 Å². The molecule has 0 saturated heterocycles. The van der Waals surface area contributed by atoms with Gasteiger partial charge in [0.25, 0.3) is 0 Å². The second kappa shape index (κ2) is 8.39. The molecule has 0 atom stereocenters. The number of hydrogen-bond donors (Lipinski definition) is 1. The molecule has 0 spiro atoms. The van der Waals surface area contributed by atoms with Crippen LogP contribution in [0.1, 0.15) is 23.6 Å². The van der Waals surface area contributed by atoms with E-state index in [1.165, 1.54) is 0 Å². The Morgan fingerprint density at radius 3 is 2.38 bits per heavy atom. The molecular weight excluding hydrogens is 391 g/mol. The maximum Gasteiger partial charge on any atom is 0.416 e. The van der Waals surface area contributed by atoms with Crippen molar-refractivity contribution < 1.29 is 26.3 Å². The Morgan fingerprint density at radius 1 is 1.12 bits per heavy atom. The highest BCUT2D eigenvalue weighted by Crippen LogP contribution is 2.33. The minimum Gasteiger partial charge on any atom is -0.377 e. The Hall–Kier alpha value is -1.61. The smallest absolute Gasteiger partial charge is 0.377 e. The zero-order valence-electron chi connectivity index (χ0n) is 13.8. The summed E-state index contributed by atoms with van der Waals surface area (Å²) in [5.74, 6) is 0. The van der Waals surface area contributed by atoms with Crippen LogP contribution in [0.3, 0.4) is 0 Å². The summed E-state index contributed by atoms with van der Waals surface area (Å²) < 4.78 is 71.0. The van der Waals surface area contributed by atoms with E-state index < -0.39 is 26.7 Å². The summed E-state index contributed by atoms with van der Waals surface area (Å²) >= 11 is 5.81. The molecule has 9 heteroatoms. The minimum absolute atomic E-state index is 0.0991. The number of benzene rings is 2. The van der Waals surface area contributed by atoms with Gasteiger partial charge < -0.3 is 4.74 Å². The van der Waals surface area contributed by atoms with Crippen LogP contribution in [0, 0.1) is 0 Å². The lowest BCUT2D eigenvalue weighted by atomic mass is 10.1. The quantitative estimate of drug-likeness (QED) is 0.741. The maximum atomic E-state index is 12.8. The van der Waals surface area contributed by atoms with E-state index in [0.29, 0.717) is 24.8 Å². The van der Waals surface area contributed by atoms with Gasteiger partial charge in [0.1, 0.15) is 4.90 Å². The highest BCUT2D eigenvalue weighted by Gasteiger charge is 2.32. The Balaban J connectivity index is 2.25. The van der Waals surface area contributed by atoms with Gasteiger partial charge in [-0.1, -0.05) is 35.9 Å². The summed E-state index contributed by atoms with van der Waals surface area (Å²) in [4.78, 5) is -0.615. The molecular formula is C17H17ClF3NO3S. The molecule has 2 aromatic carbocycles. The first-order valence-electron chi connectivity index (χ1n) is 7.66. The molecule has 142 valence electrons. The fraction of sp³-hybridized carbons (Fsp3) is 0.294. The molecule has 0 unspecified atom stereocenters. The van der Waals surface area contributed by atoms with E-state index in [4.69, 9.17) is 16.3 Å². The van der Waals surface area contributed by atoms with Crippen LogP contribution < -0.4 is 4.72 Å². The molecule has 0 bridgehead atoms. The standard InChI is InChI=1S/C17H17ClF3NO3S/c1-2-25-11-13-6-4-3-5-12(13)10-22-26(23,24)16-9-14(17(19,20)21)7-8-15(16)18/h3-9,22H,2,10-11H2,1H3. The van der Waals surface area contributed by atoms with Crippen LogP contribution >= 0.6 is 11.6 Å². The van der Waals surface area contributed by atoms with Crippen molar-refractivity contribution in [2.24, 2.45) is 0 Å². The summed E-state index contributed by atoms with van der Waals surface area (Å²) in [5, 5.41) is -0.284. The van der Waals surface area contributed by atoms with E-state index in [9.17, 15) is 21.6 Å². The van der Waals surface area contributed by atoms with Crippen LogP contribution in [0.25, 0.3) is 0 Å². The molecule has 0 heterocycles. The van der Waals surface area contributed by atoms with Crippen molar-refractivity contribution in [1.29, 1.82) is 0 Å². The predicted molar refractivity (Wildman–Crippen MR) is 92.3 cm³/mol. The number of nitrogens with one attached hydrogen (secondary N) is 1. The third-order valence-electron chi connectivity index (χ3n) is 3.58. The largest absolute Gasteiger partial charge is 0.416 e. The molecule has 0 fully saturated rings. The second-order valence-corrected chi connectivity index (χ2v) is 7.52. The van der Waals surface area contributed by atoms with Gasteiger partial charge in [-0.25, -0.2) is 13.1 Å². The van der Waals surface area contributed by atoms with Crippen LogP contribution in [-0.4, -0.2) is 15.0 Å². The van der Waals surface area contributed by atoms with Crippen LogP contribution in [0.15, 0.2) is 47.4 Å². The number of ether oxygens (including phenoxy) is 1. The SMILES string of the molecule is CCOCc1ccccc1CNS(=O)(=O)c1cc(C(F)(F)F)ccc1Cl. The topological polar surface area (TPSA) is 55.4 Å². The molecule has 4 nitrogen and oxygen atoms in total. The lowest BCUT2D eigenvalue weighted by molar-refractivity contribution is -0.137. The maximum absolute atomic E-state index is 12.8. The van der Waals surface area contributed by atoms with Crippen LogP contribution in [0.2, 0.25) is 5.02 Å². The van der Waals surface area contributed by atoms with Gasteiger partial charge in [0.05, 0.1) is 17.2 Å². The lowest BCUT2D eigenvalue weighted by Crippen LogP contribution is -2.24. The Labute approximate surface area is 155 Å². The normalized spacial score (nSPS) is 12.3. The van der Waals surface area contributed by atoms with Crippen LogP contribution in [0.4, 0.5) is 13.2 Å². The summed E-state index contributed by atoms with van der Waals surface area (Å²) in [6, 6.07) is 9.20. The van der Waals surface area contributed by atoms with Crippen molar-refractivity contribution in [3.05, 3.63) is 64.2 Å². The molecule has 0 aromatic heterocycles. The van der Waals surface area contributed by atoms with Gasteiger partial charge in [-0.05, 0) is 36.2 Å². The van der Waals surface area contributed by atoms with Crippen LogP contribution in [0.5, 0.6) is 0 Å². The van der Waals surface area contributed by atoms with E-state index in [1.54, 1.807) is 24.3 Å². The highest BCUT2D eigenvalue weighted by molar-refractivity contribution is 7.89. The van der Waals surface area contributed by atoms with Crippen molar-refractivity contribution in [2.45, 2.75) is 31.1 Å². The van der Waals surface area contributed by atoms with Crippen molar-refractivity contribution >= 4 is 21.6 Å². The van der Waals surface area contributed by atoms with Gasteiger partial charge >= 0.3 is 6.18 Å². The van der Waals surface area contributed by atoms with Gasteiger partial charge in [0.15, 0.2) is 0 Å². The van der Waals surface area contributed by atoms with Crippen molar-refractivity contribution in [3.8, 4) is 0 Å². The first kappa shape index (κ1) is 20.7. The Bertz CT molecular complexity index is 870. The second-order valence-electron chi connectivity index (χ2n) is 5.37. The molecule has 26 heavy (non-hydrogen) atoms. The lowest BCUT2D eigenvalue weighted by Gasteiger charge is -2.13. The van der Waals surface area contributed by atoms with E-state index in [2.05, 4.69) is 4.72 Å². The fourth-order valence-corrected chi connectivity index (χ4v) is 3.75. The highest BCUT2D eigenvalue weighted by atomic mass is 35.5. The number of rotatable bonds is 7.